The van der Waals surface area contributed by atoms with Crippen LogP contribution in [0.3, 0.4) is 0 Å². The monoisotopic (exact) mass is 276 g/mol. The van der Waals surface area contributed by atoms with Gasteiger partial charge in [0.1, 0.15) is 5.75 Å². The van der Waals surface area contributed by atoms with Gasteiger partial charge < -0.3 is 10.5 Å². The van der Waals surface area contributed by atoms with Gasteiger partial charge in [-0.15, -0.1) is 0 Å². The number of nitrogens with zero attached hydrogens (tertiary/aromatic N) is 1. The lowest BCUT2D eigenvalue weighted by molar-refractivity contribution is 0.0904. The zero-order valence-corrected chi connectivity index (χ0v) is 13.2. The zero-order valence-electron chi connectivity index (χ0n) is 13.2. The van der Waals surface area contributed by atoms with Crippen molar-refractivity contribution in [3.8, 4) is 5.75 Å². The maximum Gasteiger partial charge on any atom is 0.123 e. The van der Waals surface area contributed by atoms with Gasteiger partial charge in [0.15, 0.2) is 0 Å². The van der Waals surface area contributed by atoms with Crippen LogP contribution >= 0.6 is 0 Å². The highest BCUT2D eigenvalue weighted by Crippen LogP contribution is 2.32. The highest BCUT2D eigenvalue weighted by atomic mass is 16.5. The average Bonchev–Trinajstić information content (AvgIpc) is 2.38. The molecule has 0 bridgehead atoms. The fourth-order valence-corrected chi connectivity index (χ4v) is 3.87. The first-order valence-electron chi connectivity index (χ1n) is 7.60. The molecule has 0 heterocycles. The van der Waals surface area contributed by atoms with E-state index in [2.05, 4.69) is 37.9 Å². The van der Waals surface area contributed by atoms with E-state index in [9.17, 15) is 0 Å². The summed E-state index contributed by atoms with van der Waals surface area (Å²) in [6.45, 7) is 5.53. The second kappa shape index (κ2) is 6.59. The largest absolute Gasteiger partial charge is 0.496 e. The van der Waals surface area contributed by atoms with E-state index in [1.54, 1.807) is 7.11 Å². The summed E-state index contributed by atoms with van der Waals surface area (Å²) >= 11 is 0. The number of nitrogens with two attached hydrogens (primary N) is 1. The first-order chi connectivity index (χ1) is 9.52. The molecule has 0 saturated heterocycles. The summed E-state index contributed by atoms with van der Waals surface area (Å²) in [5.41, 5.74) is 7.64. The van der Waals surface area contributed by atoms with Crippen molar-refractivity contribution in [2.45, 2.75) is 45.3 Å². The number of hydrogen-bond donors (Lipinski definition) is 1. The molecule has 1 aliphatic carbocycles. The van der Waals surface area contributed by atoms with E-state index in [-0.39, 0.29) is 6.04 Å². The smallest absolute Gasteiger partial charge is 0.123 e. The standard InChI is InChI=1S/C17H28N2O/c1-12-9-13(2)17(15(18)10-12)19(3)11-14-7-5-6-8-16(14)20-4/h5-8,12-13,15,17H,9-11,18H2,1-4H3. The van der Waals surface area contributed by atoms with Crippen molar-refractivity contribution in [1.29, 1.82) is 0 Å². The second-order valence-corrected chi connectivity index (χ2v) is 6.44. The van der Waals surface area contributed by atoms with Crippen LogP contribution in [-0.2, 0) is 6.54 Å². The Labute approximate surface area is 123 Å². The number of likely N-dealkylation sites (N-methyl/N-ethyl adjacent to an activating group) is 1. The molecule has 0 spiro atoms. The molecule has 0 amide bonds. The van der Waals surface area contributed by atoms with Gasteiger partial charge in [0.2, 0.25) is 0 Å². The third-order valence-corrected chi connectivity index (χ3v) is 4.59. The van der Waals surface area contributed by atoms with Crippen molar-refractivity contribution in [2.75, 3.05) is 14.2 Å². The molecule has 1 saturated carbocycles. The third-order valence-electron chi connectivity index (χ3n) is 4.59. The van der Waals surface area contributed by atoms with Crippen LogP contribution in [0.4, 0.5) is 0 Å². The minimum atomic E-state index is 0.272. The normalized spacial score (nSPS) is 30.5. The van der Waals surface area contributed by atoms with Crippen LogP contribution in [0, 0.1) is 11.8 Å². The summed E-state index contributed by atoms with van der Waals surface area (Å²) in [5, 5.41) is 0. The van der Waals surface area contributed by atoms with Crippen LogP contribution in [-0.4, -0.2) is 31.1 Å². The van der Waals surface area contributed by atoms with E-state index in [0.29, 0.717) is 12.0 Å². The Kier molecular flexibility index (Phi) is 5.06. The van der Waals surface area contributed by atoms with Gasteiger partial charge >= 0.3 is 0 Å². The molecule has 1 aromatic rings. The minimum absolute atomic E-state index is 0.272. The Morgan fingerprint density at radius 3 is 2.60 bits per heavy atom. The number of hydrogen-bond acceptors (Lipinski definition) is 3. The van der Waals surface area contributed by atoms with Crippen molar-refractivity contribution >= 4 is 0 Å². The molecule has 0 radical (unpaired) electrons. The summed E-state index contributed by atoms with van der Waals surface area (Å²) in [4.78, 5) is 2.40. The molecule has 3 heteroatoms. The van der Waals surface area contributed by atoms with Gasteiger partial charge in [-0.25, -0.2) is 0 Å². The van der Waals surface area contributed by atoms with E-state index < -0.39 is 0 Å². The van der Waals surface area contributed by atoms with Crippen LogP contribution in [0.15, 0.2) is 24.3 Å². The van der Waals surface area contributed by atoms with Crippen LogP contribution in [0.25, 0.3) is 0 Å². The second-order valence-electron chi connectivity index (χ2n) is 6.44. The van der Waals surface area contributed by atoms with Gasteiger partial charge in [-0.1, -0.05) is 32.0 Å². The van der Waals surface area contributed by atoms with Crippen LogP contribution in [0.5, 0.6) is 5.75 Å². The van der Waals surface area contributed by atoms with Gasteiger partial charge in [-0.2, -0.15) is 0 Å². The summed E-state index contributed by atoms with van der Waals surface area (Å²) < 4.78 is 5.45. The lowest BCUT2D eigenvalue weighted by Crippen LogP contribution is -2.53. The number of para-hydroxylation sites is 1. The molecular weight excluding hydrogens is 248 g/mol. The number of methoxy groups -OCH3 is 1. The average molecular weight is 276 g/mol. The lowest BCUT2D eigenvalue weighted by Gasteiger charge is -2.43. The maximum absolute atomic E-state index is 6.41. The van der Waals surface area contributed by atoms with Crippen molar-refractivity contribution in [1.82, 2.24) is 4.90 Å². The number of benzene rings is 1. The van der Waals surface area contributed by atoms with Gasteiger partial charge in [-0.05, 0) is 37.8 Å². The summed E-state index contributed by atoms with van der Waals surface area (Å²) in [6, 6.07) is 8.97. The lowest BCUT2D eigenvalue weighted by atomic mass is 9.76. The Morgan fingerprint density at radius 1 is 1.25 bits per heavy atom. The molecule has 2 rings (SSSR count). The zero-order chi connectivity index (χ0) is 14.7. The predicted octanol–water partition coefficient (Wildman–Crippen LogP) is 2.89. The molecule has 0 aromatic heterocycles. The molecule has 1 aromatic carbocycles. The van der Waals surface area contributed by atoms with Gasteiger partial charge in [0, 0.05) is 24.2 Å². The highest BCUT2D eigenvalue weighted by Gasteiger charge is 2.34. The quantitative estimate of drug-likeness (QED) is 0.919. The topological polar surface area (TPSA) is 38.5 Å². The van der Waals surface area contributed by atoms with Gasteiger partial charge in [0.05, 0.1) is 7.11 Å². The van der Waals surface area contributed by atoms with Crippen LogP contribution < -0.4 is 10.5 Å². The molecule has 4 unspecified atom stereocenters. The SMILES string of the molecule is COc1ccccc1CN(C)C1C(C)CC(C)CC1N. The molecule has 1 fully saturated rings. The number of rotatable bonds is 4. The van der Waals surface area contributed by atoms with Gasteiger partial charge in [-0.3, -0.25) is 4.90 Å². The first kappa shape index (κ1) is 15.3. The summed E-state index contributed by atoms with van der Waals surface area (Å²) in [5.74, 6) is 2.36. The first-order valence-corrected chi connectivity index (χ1v) is 7.60. The molecule has 0 aliphatic heterocycles. The van der Waals surface area contributed by atoms with Crippen LogP contribution in [0.1, 0.15) is 32.3 Å². The van der Waals surface area contributed by atoms with E-state index >= 15 is 0 Å². The fourth-order valence-electron chi connectivity index (χ4n) is 3.87. The van der Waals surface area contributed by atoms with Gasteiger partial charge in [0.25, 0.3) is 0 Å². The van der Waals surface area contributed by atoms with Crippen molar-refractivity contribution in [3.63, 3.8) is 0 Å². The van der Waals surface area contributed by atoms with Crippen molar-refractivity contribution < 1.29 is 4.74 Å². The molecule has 112 valence electrons. The minimum Gasteiger partial charge on any atom is -0.496 e. The Balaban J connectivity index is 2.09. The Hall–Kier alpha value is -1.06. The molecule has 2 N–H and O–H groups in total. The Bertz CT molecular complexity index is 423. The number of ether oxygens (including phenoxy) is 1. The summed E-state index contributed by atoms with van der Waals surface area (Å²) in [7, 11) is 3.92. The molecular formula is C17H28N2O. The molecule has 1 aliphatic rings. The molecule has 3 nitrogen and oxygen atoms in total. The molecule has 4 atom stereocenters. The third kappa shape index (κ3) is 3.33. The van der Waals surface area contributed by atoms with E-state index in [1.807, 2.05) is 12.1 Å². The van der Waals surface area contributed by atoms with E-state index in [1.165, 1.54) is 12.0 Å². The van der Waals surface area contributed by atoms with Crippen molar-refractivity contribution in [3.05, 3.63) is 29.8 Å². The predicted molar refractivity (Wildman–Crippen MR) is 83.8 cm³/mol. The maximum atomic E-state index is 6.41. The van der Waals surface area contributed by atoms with E-state index in [4.69, 9.17) is 10.5 Å². The van der Waals surface area contributed by atoms with E-state index in [0.717, 1.165) is 24.6 Å². The van der Waals surface area contributed by atoms with Crippen molar-refractivity contribution in [2.24, 2.45) is 17.6 Å². The highest BCUT2D eigenvalue weighted by molar-refractivity contribution is 5.33. The van der Waals surface area contributed by atoms with Crippen LogP contribution in [0.2, 0.25) is 0 Å². The summed E-state index contributed by atoms with van der Waals surface area (Å²) in [6.07, 6.45) is 2.40. The fraction of sp³-hybridized carbons (Fsp3) is 0.647. The Morgan fingerprint density at radius 2 is 1.95 bits per heavy atom. The molecule has 20 heavy (non-hydrogen) atoms.